The third-order valence-corrected chi connectivity index (χ3v) is 2.72. The van der Waals surface area contributed by atoms with E-state index in [2.05, 4.69) is 0 Å². The minimum absolute atomic E-state index is 0.156. The molecule has 1 aliphatic heterocycles. The molecule has 0 atom stereocenters. The van der Waals surface area contributed by atoms with Crippen LogP contribution in [0.4, 0.5) is 13.2 Å². The van der Waals surface area contributed by atoms with Gasteiger partial charge in [-0.3, -0.25) is 4.90 Å². The van der Waals surface area contributed by atoms with E-state index in [1.807, 2.05) is 4.90 Å². The molecule has 0 aromatic heterocycles. The molecule has 0 unspecified atom stereocenters. The topological polar surface area (TPSA) is 3.24 Å². The highest BCUT2D eigenvalue weighted by Crippen LogP contribution is 2.19. The monoisotopic (exact) mass is 215 g/mol. The van der Waals surface area contributed by atoms with Gasteiger partial charge in [-0.05, 0) is 38.1 Å². The summed E-state index contributed by atoms with van der Waals surface area (Å²) in [6, 6.07) is 1.79. The number of hydrogen-bond donors (Lipinski definition) is 0. The Morgan fingerprint density at radius 2 is 1.60 bits per heavy atom. The summed E-state index contributed by atoms with van der Waals surface area (Å²) in [5, 5.41) is 0. The predicted octanol–water partition coefficient (Wildman–Crippen LogP) is 2.70. The van der Waals surface area contributed by atoms with Crippen LogP contribution in [0.25, 0.3) is 0 Å². The Balaban J connectivity index is 2.22. The molecule has 1 aliphatic rings. The second kappa shape index (κ2) is 4.23. The Bertz CT molecular complexity index is 359. The molecular weight excluding hydrogens is 203 g/mol. The number of rotatable bonds is 2. The fourth-order valence-electron chi connectivity index (χ4n) is 1.88. The summed E-state index contributed by atoms with van der Waals surface area (Å²) in [6.45, 7) is 1.82. The van der Waals surface area contributed by atoms with Crippen molar-refractivity contribution in [1.82, 2.24) is 4.90 Å². The summed E-state index contributed by atoms with van der Waals surface area (Å²) in [4.78, 5) is 1.93. The molecule has 0 spiro atoms. The molecule has 4 heteroatoms. The molecule has 1 nitrogen and oxygen atoms in total. The van der Waals surface area contributed by atoms with Crippen LogP contribution in [0.2, 0.25) is 0 Å². The second-order valence-electron chi connectivity index (χ2n) is 3.80. The van der Waals surface area contributed by atoms with E-state index in [9.17, 15) is 13.2 Å². The lowest BCUT2D eigenvalue weighted by Gasteiger charge is -2.15. The highest BCUT2D eigenvalue weighted by Gasteiger charge is 2.18. The molecule has 1 aromatic rings. The quantitative estimate of drug-likeness (QED) is 0.685. The lowest BCUT2D eigenvalue weighted by atomic mass is 10.2. The molecule has 0 bridgehead atoms. The molecule has 2 rings (SSSR count). The maximum atomic E-state index is 13.3. The van der Waals surface area contributed by atoms with Gasteiger partial charge in [0, 0.05) is 12.1 Å². The maximum Gasteiger partial charge on any atom is 0.166 e. The number of likely N-dealkylation sites (tertiary alicyclic amines) is 1. The van der Waals surface area contributed by atoms with Gasteiger partial charge in [0.25, 0.3) is 0 Å². The third kappa shape index (κ3) is 2.15. The van der Waals surface area contributed by atoms with E-state index in [0.29, 0.717) is 0 Å². The highest BCUT2D eigenvalue weighted by atomic mass is 19.2. The minimum atomic E-state index is -1.05. The zero-order chi connectivity index (χ0) is 10.8. The van der Waals surface area contributed by atoms with Crippen molar-refractivity contribution in [3.63, 3.8) is 0 Å². The van der Waals surface area contributed by atoms with Gasteiger partial charge in [-0.2, -0.15) is 0 Å². The van der Waals surface area contributed by atoms with E-state index in [1.54, 1.807) is 0 Å². The molecule has 0 amide bonds. The molecule has 0 saturated carbocycles. The molecule has 82 valence electrons. The molecule has 0 radical (unpaired) electrons. The molecule has 1 aromatic carbocycles. The van der Waals surface area contributed by atoms with Crippen LogP contribution in [0, 0.1) is 17.5 Å². The summed E-state index contributed by atoms with van der Waals surface area (Å²) in [7, 11) is 0. The smallest absolute Gasteiger partial charge is 0.166 e. The van der Waals surface area contributed by atoms with Crippen molar-refractivity contribution < 1.29 is 13.2 Å². The fourth-order valence-corrected chi connectivity index (χ4v) is 1.88. The number of halogens is 3. The Kier molecular flexibility index (Phi) is 2.95. The van der Waals surface area contributed by atoms with E-state index in [-0.39, 0.29) is 12.1 Å². The van der Waals surface area contributed by atoms with E-state index < -0.39 is 17.5 Å². The van der Waals surface area contributed by atoms with Crippen molar-refractivity contribution in [2.75, 3.05) is 13.1 Å². The van der Waals surface area contributed by atoms with Crippen molar-refractivity contribution in [2.24, 2.45) is 0 Å². The van der Waals surface area contributed by atoms with Gasteiger partial charge in [-0.1, -0.05) is 0 Å². The average Bonchev–Trinajstić information content (AvgIpc) is 2.71. The molecule has 1 fully saturated rings. The van der Waals surface area contributed by atoms with E-state index in [4.69, 9.17) is 0 Å². The summed E-state index contributed by atoms with van der Waals surface area (Å²) in [6.07, 6.45) is 2.08. The maximum absolute atomic E-state index is 13.3. The first kappa shape index (κ1) is 10.5. The number of nitrogens with zero attached hydrogens (tertiary/aromatic N) is 1. The van der Waals surface area contributed by atoms with Gasteiger partial charge in [0.05, 0.1) is 0 Å². The third-order valence-electron chi connectivity index (χ3n) is 2.72. The van der Waals surface area contributed by atoms with Crippen LogP contribution < -0.4 is 0 Å². The van der Waals surface area contributed by atoms with Gasteiger partial charge < -0.3 is 0 Å². The summed E-state index contributed by atoms with van der Waals surface area (Å²) in [5.74, 6) is -2.70. The zero-order valence-electron chi connectivity index (χ0n) is 8.27. The second-order valence-corrected chi connectivity index (χ2v) is 3.80. The Morgan fingerprint density at radius 3 is 2.27 bits per heavy atom. The first-order chi connectivity index (χ1) is 7.18. The van der Waals surface area contributed by atoms with Crippen molar-refractivity contribution in [3.8, 4) is 0 Å². The number of hydrogen-bond acceptors (Lipinski definition) is 1. The van der Waals surface area contributed by atoms with Crippen LogP contribution in [0.15, 0.2) is 12.1 Å². The first-order valence-electron chi connectivity index (χ1n) is 5.03. The van der Waals surface area contributed by atoms with Gasteiger partial charge in [0.1, 0.15) is 5.82 Å². The van der Waals surface area contributed by atoms with E-state index in [0.717, 1.165) is 38.1 Å². The largest absolute Gasteiger partial charge is 0.299 e. The molecule has 15 heavy (non-hydrogen) atoms. The van der Waals surface area contributed by atoms with Gasteiger partial charge in [0.2, 0.25) is 0 Å². The molecule has 1 saturated heterocycles. The van der Waals surface area contributed by atoms with Crippen molar-refractivity contribution in [2.45, 2.75) is 19.4 Å². The molecule has 0 aliphatic carbocycles. The lowest BCUT2D eigenvalue weighted by molar-refractivity contribution is 0.315. The standard InChI is InChI=1S/C11H12F3N/c12-9-3-4-10(13)11(14)8(9)7-15-5-1-2-6-15/h3-4H,1-2,5-7H2. The van der Waals surface area contributed by atoms with E-state index in [1.165, 1.54) is 0 Å². The molecule has 1 heterocycles. The summed E-state index contributed by atoms with van der Waals surface area (Å²) >= 11 is 0. The van der Waals surface area contributed by atoms with Crippen LogP contribution in [-0.2, 0) is 6.54 Å². The summed E-state index contributed by atoms with van der Waals surface area (Å²) < 4.78 is 39.4. The first-order valence-corrected chi connectivity index (χ1v) is 5.03. The van der Waals surface area contributed by atoms with E-state index >= 15 is 0 Å². The van der Waals surface area contributed by atoms with Crippen molar-refractivity contribution in [1.29, 1.82) is 0 Å². The lowest BCUT2D eigenvalue weighted by Crippen LogP contribution is -2.20. The Hall–Kier alpha value is -1.03. The van der Waals surface area contributed by atoms with Gasteiger partial charge in [0.15, 0.2) is 11.6 Å². The van der Waals surface area contributed by atoms with Crippen LogP contribution in [0.5, 0.6) is 0 Å². The van der Waals surface area contributed by atoms with Gasteiger partial charge in [-0.25, -0.2) is 13.2 Å². The highest BCUT2D eigenvalue weighted by molar-refractivity contribution is 5.21. The Morgan fingerprint density at radius 1 is 1.00 bits per heavy atom. The van der Waals surface area contributed by atoms with Crippen LogP contribution in [-0.4, -0.2) is 18.0 Å². The zero-order valence-corrected chi connectivity index (χ0v) is 8.27. The predicted molar refractivity (Wildman–Crippen MR) is 50.8 cm³/mol. The summed E-state index contributed by atoms with van der Waals surface area (Å²) in [5.41, 5.74) is -0.156. The molecular formula is C11H12F3N. The Labute approximate surface area is 86.5 Å². The van der Waals surface area contributed by atoms with Crippen molar-refractivity contribution in [3.05, 3.63) is 35.1 Å². The van der Waals surface area contributed by atoms with Crippen LogP contribution in [0.1, 0.15) is 18.4 Å². The normalized spacial score (nSPS) is 17.3. The van der Waals surface area contributed by atoms with Gasteiger partial charge in [-0.15, -0.1) is 0 Å². The average molecular weight is 215 g/mol. The SMILES string of the molecule is Fc1ccc(F)c(CN2CCCC2)c1F. The van der Waals surface area contributed by atoms with Crippen LogP contribution >= 0.6 is 0 Å². The van der Waals surface area contributed by atoms with Crippen molar-refractivity contribution >= 4 is 0 Å². The molecule has 0 N–H and O–H groups in total. The number of benzene rings is 1. The fraction of sp³-hybridized carbons (Fsp3) is 0.455. The minimum Gasteiger partial charge on any atom is -0.299 e. The van der Waals surface area contributed by atoms with Gasteiger partial charge >= 0.3 is 0 Å². The van der Waals surface area contributed by atoms with Crippen LogP contribution in [0.3, 0.4) is 0 Å².